The molecule has 1 aliphatic heterocycles. The first-order valence-corrected chi connectivity index (χ1v) is 12.3. The van der Waals surface area contributed by atoms with E-state index in [0.717, 1.165) is 35.8 Å². The number of nitrogens with zero attached hydrogens (tertiary/aromatic N) is 2. The van der Waals surface area contributed by atoms with Gasteiger partial charge in [-0.15, -0.1) is 0 Å². The van der Waals surface area contributed by atoms with E-state index in [1.807, 2.05) is 12.1 Å². The molecule has 2 aliphatic rings. The van der Waals surface area contributed by atoms with E-state index in [-0.39, 0.29) is 0 Å². The normalized spacial score (nSPS) is 18.0. The van der Waals surface area contributed by atoms with E-state index >= 15 is 0 Å². The average molecular weight is 473 g/mol. The lowest BCUT2D eigenvalue weighted by Crippen LogP contribution is -2.37. The minimum atomic E-state index is -1.26. The van der Waals surface area contributed by atoms with Crippen molar-refractivity contribution in [2.24, 2.45) is 11.8 Å². The van der Waals surface area contributed by atoms with Crippen LogP contribution in [0.4, 0.5) is 0 Å². The molecule has 186 valence electrons. The van der Waals surface area contributed by atoms with E-state index < -0.39 is 11.9 Å². The number of carboxylic acid groups (broad SMARTS) is 2. The van der Waals surface area contributed by atoms with Crippen LogP contribution in [0.2, 0.25) is 0 Å². The van der Waals surface area contributed by atoms with Crippen LogP contribution in [0, 0.1) is 18.8 Å². The summed E-state index contributed by atoms with van der Waals surface area (Å²) in [4.78, 5) is 21.8. The molecule has 8 heteroatoms. The molecule has 1 saturated carbocycles. The van der Waals surface area contributed by atoms with Crippen molar-refractivity contribution < 1.29 is 29.1 Å². The van der Waals surface area contributed by atoms with Gasteiger partial charge in [0.2, 0.25) is 0 Å². The third kappa shape index (κ3) is 8.48. The van der Waals surface area contributed by atoms with Crippen molar-refractivity contribution in [3.63, 3.8) is 0 Å². The molecule has 0 spiro atoms. The maximum atomic E-state index is 9.55. The van der Waals surface area contributed by atoms with Gasteiger partial charge in [0.1, 0.15) is 0 Å². The lowest BCUT2D eigenvalue weighted by atomic mass is 9.87. The van der Waals surface area contributed by atoms with Crippen LogP contribution < -0.4 is 4.74 Å². The Labute approximate surface area is 200 Å². The first-order chi connectivity index (χ1) is 16.4. The predicted octanol–water partition coefficient (Wildman–Crippen LogP) is 4.91. The molecule has 0 amide bonds. The van der Waals surface area contributed by atoms with Crippen LogP contribution in [-0.2, 0) is 9.59 Å². The van der Waals surface area contributed by atoms with Gasteiger partial charge in [-0.25, -0.2) is 9.59 Å². The summed E-state index contributed by atoms with van der Waals surface area (Å²) in [5.74, 6) is -0.111. The SMILES string of the molecule is Cc1ccc2c(OCCC3CCN(CC4CCCCC4)CC3)noc2c1.O=C(O)C=CC(=O)O. The Morgan fingerprint density at radius 3 is 2.38 bits per heavy atom. The Kier molecular flexibility index (Phi) is 9.94. The van der Waals surface area contributed by atoms with Gasteiger partial charge in [0.15, 0.2) is 5.58 Å². The van der Waals surface area contributed by atoms with E-state index in [1.165, 1.54) is 70.1 Å². The zero-order valence-electron chi connectivity index (χ0n) is 19.9. The third-order valence-electron chi connectivity index (χ3n) is 6.68. The van der Waals surface area contributed by atoms with Gasteiger partial charge in [-0.05, 0) is 86.8 Å². The van der Waals surface area contributed by atoms with Crippen LogP contribution in [0.3, 0.4) is 0 Å². The number of aromatic nitrogens is 1. The topological polar surface area (TPSA) is 113 Å². The van der Waals surface area contributed by atoms with Crippen molar-refractivity contribution in [3.05, 3.63) is 35.9 Å². The number of aliphatic carboxylic acids is 2. The number of hydrogen-bond donors (Lipinski definition) is 2. The summed E-state index contributed by atoms with van der Waals surface area (Å²) in [5, 5.41) is 20.7. The summed E-state index contributed by atoms with van der Waals surface area (Å²) in [7, 11) is 0. The molecule has 4 rings (SSSR count). The number of fused-ring (bicyclic) bond motifs is 1. The summed E-state index contributed by atoms with van der Waals surface area (Å²) in [6.45, 7) is 6.68. The quantitative estimate of drug-likeness (QED) is 0.521. The van der Waals surface area contributed by atoms with Crippen molar-refractivity contribution in [1.82, 2.24) is 10.1 Å². The van der Waals surface area contributed by atoms with Crippen LogP contribution in [0.15, 0.2) is 34.9 Å². The molecule has 1 aromatic heterocycles. The monoisotopic (exact) mass is 472 g/mol. The van der Waals surface area contributed by atoms with Crippen molar-refractivity contribution in [2.75, 3.05) is 26.2 Å². The minimum Gasteiger partial charge on any atom is -0.478 e. The highest BCUT2D eigenvalue weighted by Crippen LogP contribution is 2.28. The Morgan fingerprint density at radius 2 is 1.74 bits per heavy atom. The molecule has 8 nitrogen and oxygen atoms in total. The molecule has 1 saturated heterocycles. The van der Waals surface area contributed by atoms with Gasteiger partial charge in [-0.1, -0.05) is 25.3 Å². The Bertz CT molecular complexity index is 939. The van der Waals surface area contributed by atoms with Gasteiger partial charge in [-0.2, -0.15) is 0 Å². The number of piperidine rings is 1. The smallest absolute Gasteiger partial charge is 0.328 e. The highest BCUT2D eigenvalue weighted by atomic mass is 16.5. The Morgan fingerprint density at radius 1 is 1.06 bits per heavy atom. The van der Waals surface area contributed by atoms with Crippen LogP contribution in [0.1, 0.15) is 56.9 Å². The average Bonchev–Trinajstić information content (AvgIpc) is 3.22. The van der Waals surface area contributed by atoms with Crippen LogP contribution >= 0.6 is 0 Å². The van der Waals surface area contributed by atoms with Gasteiger partial charge in [-0.3, -0.25) is 0 Å². The van der Waals surface area contributed by atoms with Crippen LogP contribution in [-0.4, -0.2) is 58.4 Å². The van der Waals surface area contributed by atoms with E-state index in [1.54, 1.807) is 0 Å². The lowest BCUT2D eigenvalue weighted by molar-refractivity contribution is -0.134. The third-order valence-corrected chi connectivity index (χ3v) is 6.68. The molecule has 0 atom stereocenters. The molecule has 0 radical (unpaired) electrons. The van der Waals surface area contributed by atoms with E-state index in [0.29, 0.717) is 18.0 Å². The van der Waals surface area contributed by atoms with Gasteiger partial charge in [0, 0.05) is 18.7 Å². The fraction of sp³-hybridized carbons (Fsp3) is 0.577. The van der Waals surface area contributed by atoms with Crippen molar-refractivity contribution in [1.29, 1.82) is 0 Å². The number of carboxylic acids is 2. The summed E-state index contributed by atoms with van der Waals surface area (Å²) < 4.78 is 11.3. The van der Waals surface area contributed by atoms with E-state index in [4.69, 9.17) is 19.5 Å². The second-order valence-electron chi connectivity index (χ2n) is 9.38. The van der Waals surface area contributed by atoms with Gasteiger partial charge >= 0.3 is 11.9 Å². The predicted molar refractivity (Wildman–Crippen MR) is 129 cm³/mol. The molecular weight excluding hydrogens is 436 g/mol. The molecule has 0 bridgehead atoms. The zero-order valence-corrected chi connectivity index (χ0v) is 19.9. The summed E-state index contributed by atoms with van der Waals surface area (Å²) >= 11 is 0. The van der Waals surface area contributed by atoms with E-state index in [9.17, 15) is 9.59 Å². The van der Waals surface area contributed by atoms with Crippen LogP contribution in [0.5, 0.6) is 5.88 Å². The molecule has 0 unspecified atom stereocenters. The molecule has 2 heterocycles. The number of ether oxygens (including phenoxy) is 1. The minimum absolute atomic E-state index is 0.558. The molecular formula is C26H36N2O6. The van der Waals surface area contributed by atoms with Gasteiger partial charge in [0.25, 0.3) is 5.88 Å². The standard InChI is InChI=1S/C22H32N2O2.C4H4O4/c1-17-7-8-20-21(15-17)26-23-22(20)25-14-11-18-9-12-24(13-10-18)16-19-5-3-2-4-6-19;5-3(6)1-2-4(7)8/h7-8,15,18-19H,2-6,9-14,16H2,1H3;1-2H,(H,5,6)(H,7,8). The zero-order chi connectivity index (χ0) is 24.3. The number of hydrogen-bond acceptors (Lipinski definition) is 6. The molecule has 2 aromatic rings. The Hall–Kier alpha value is -2.87. The summed E-state index contributed by atoms with van der Waals surface area (Å²) in [6.07, 6.45) is 12.1. The molecule has 1 aromatic carbocycles. The first-order valence-electron chi connectivity index (χ1n) is 12.3. The molecule has 34 heavy (non-hydrogen) atoms. The summed E-state index contributed by atoms with van der Waals surface area (Å²) in [5.41, 5.74) is 2.00. The summed E-state index contributed by atoms with van der Waals surface area (Å²) in [6, 6.07) is 6.13. The molecule has 2 fully saturated rings. The van der Waals surface area contributed by atoms with Crippen molar-refractivity contribution in [2.45, 2.75) is 58.3 Å². The van der Waals surface area contributed by atoms with Crippen molar-refractivity contribution in [3.8, 4) is 5.88 Å². The molecule has 1 aliphatic carbocycles. The van der Waals surface area contributed by atoms with Gasteiger partial charge in [0.05, 0.1) is 12.0 Å². The van der Waals surface area contributed by atoms with Gasteiger partial charge < -0.3 is 24.4 Å². The van der Waals surface area contributed by atoms with Crippen LogP contribution in [0.25, 0.3) is 11.0 Å². The largest absolute Gasteiger partial charge is 0.478 e. The van der Waals surface area contributed by atoms with E-state index in [2.05, 4.69) is 23.0 Å². The number of likely N-dealkylation sites (tertiary alicyclic amines) is 1. The fourth-order valence-electron chi connectivity index (χ4n) is 4.78. The highest BCUT2D eigenvalue weighted by Gasteiger charge is 2.23. The van der Waals surface area contributed by atoms with Crippen molar-refractivity contribution >= 4 is 22.9 Å². The second-order valence-corrected chi connectivity index (χ2v) is 9.38. The number of rotatable bonds is 8. The second kappa shape index (κ2) is 13.1. The maximum Gasteiger partial charge on any atom is 0.328 e. The fourth-order valence-corrected chi connectivity index (χ4v) is 4.78. The maximum absolute atomic E-state index is 9.55. The lowest BCUT2D eigenvalue weighted by Gasteiger charge is -2.35. The molecule has 2 N–H and O–H groups in total. The number of benzene rings is 1. The Balaban J connectivity index is 0.000000350. The number of aryl methyl sites for hydroxylation is 1. The highest BCUT2D eigenvalue weighted by molar-refractivity contribution is 5.89. The number of carbonyl (C=O) groups is 2. The first kappa shape index (κ1) is 25.7.